The van der Waals surface area contributed by atoms with Crippen molar-refractivity contribution in [2.24, 2.45) is 0 Å². The van der Waals surface area contributed by atoms with Gasteiger partial charge in [0, 0.05) is 6.42 Å². The summed E-state index contributed by atoms with van der Waals surface area (Å²) in [5, 5.41) is 16.7. The maximum atomic E-state index is 10.4. The molecule has 0 spiro atoms. The van der Waals surface area contributed by atoms with E-state index in [9.17, 15) is 9.59 Å². The lowest BCUT2D eigenvalue weighted by atomic mass is 10.1. The molecule has 1 saturated heterocycles. The average Bonchev–Trinajstić information content (AvgIpc) is 2.63. The first-order valence-corrected chi connectivity index (χ1v) is 3.16. The van der Waals surface area contributed by atoms with Gasteiger partial charge in [0.15, 0.2) is 5.60 Å². The van der Waals surface area contributed by atoms with Gasteiger partial charge in [-0.05, 0) is 6.42 Å². The van der Waals surface area contributed by atoms with Crippen LogP contribution in [0.4, 0.5) is 0 Å². The zero-order valence-corrected chi connectivity index (χ0v) is 5.74. The highest BCUT2D eigenvalue weighted by atomic mass is 16.6. The number of epoxide rings is 1. The van der Waals surface area contributed by atoms with Gasteiger partial charge in [0.1, 0.15) is 0 Å². The van der Waals surface area contributed by atoms with Crippen molar-refractivity contribution in [3.63, 3.8) is 0 Å². The Morgan fingerprint density at radius 1 is 1.45 bits per heavy atom. The van der Waals surface area contributed by atoms with Crippen LogP contribution in [0.1, 0.15) is 12.8 Å². The zero-order chi connectivity index (χ0) is 8.48. The molecule has 0 bridgehead atoms. The molecule has 0 aromatic carbocycles. The van der Waals surface area contributed by atoms with Crippen LogP contribution in [0.2, 0.25) is 0 Å². The lowest BCUT2D eigenvalue weighted by Gasteiger charge is -2.01. The normalized spacial score (nSPS) is 28.0. The van der Waals surface area contributed by atoms with Gasteiger partial charge in [-0.25, -0.2) is 4.79 Å². The Morgan fingerprint density at radius 3 is 2.27 bits per heavy atom. The largest absolute Gasteiger partial charge is 0.481 e. The number of aliphatic carboxylic acids is 2. The fraction of sp³-hybridized carbons (Fsp3) is 0.667. The van der Waals surface area contributed by atoms with Gasteiger partial charge in [0.2, 0.25) is 0 Å². The maximum absolute atomic E-state index is 10.4. The van der Waals surface area contributed by atoms with Crippen molar-refractivity contribution in [2.45, 2.75) is 18.4 Å². The molecular weight excluding hydrogens is 152 g/mol. The van der Waals surface area contributed by atoms with Crippen LogP contribution in [0.25, 0.3) is 0 Å². The van der Waals surface area contributed by atoms with Crippen molar-refractivity contribution in [3.05, 3.63) is 0 Å². The van der Waals surface area contributed by atoms with Crippen LogP contribution < -0.4 is 0 Å². The molecule has 1 atom stereocenters. The van der Waals surface area contributed by atoms with Crippen molar-refractivity contribution in [1.29, 1.82) is 0 Å². The van der Waals surface area contributed by atoms with E-state index in [0.717, 1.165) is 0 Å². The van der Waals surface area contributed by atoms with Crippen molar-refractivity contribution < 1.29 is 24.5 Å². The van der Waals surface area contributed by atoms with Gasteiger partial charge >= 0.3 is 11.9 Å². The molecule has 0 aromatic rings. The summed E-state index contributed by atoms with van der Waals surface area (Å²) in [5.74, 6) is -2.07. The third kappa shape index (κ3) is 1.68. The first-order chi connectivity index (χ1) is 5.07. The van der Waals surface area contributed by atoms with Crippen LogP contribution in [0.15, 0.2) is 0 Å². The van der Waals surface area contributed by atoms with Gasteiger partial charge in [-0.2, -0.15) is 0 Å². The quantitative estimate of drug-likeness (QED) is 0.551. The van der Waals surface area contributed by atoms with Crippen LogP contribution in [0.3, 0.4) is 0 Å². The molecule has 1 aliphatic rings. The number of rotatable bonds is 4. The molecule has 5 nitrogen and oxygen atoms in total. The van der Waals surface area contributed by atoms with Crippen LogP contribution in [-0.2, 0) is 14.3 Å². The molecule has 2 N–H and O–H groups in total. The molecule has 0 aromatic heterocycles. The predicted octanol–water partition coefficient (Wildman–Crippen LogP) is -0.295. The average molecular weight is 160 g/mol. The predicted molar refractivity (Wildman–Crippen MR) is 33.2 cm³/mol. The standard InChI is InChI=1S/C6H8O5/c7-4(8)1-2-6(3-11-6)5(9)10/h1-3H2,(H,7,8)(H,9,10). The van der Waals surface area contributed by atoms with Gasteiger partial charge in [-0.3, -0.25) is 4.79 Å². The molecule has 1 unspecified atom stereocenters. The molecule has 1 fully saturated rings. The van der Waals surface area contributed by atoms with E-state index in [2.05, 4.69) is 4.74 Å². The van der Waals surface area contributed by atoms with E-state index in [4.69, 9.17) is 10.2 Å². The second-order valence-corrected chi connectivity index (χ2v) is 2.48. The number of carbonyl (C=O) groups is 2. The third-order valence-corrected chi connectivity index (χ3v) is 1.63. The van der Waals surface area contributed by atoms with Crippen molar-refractivity contribution >= 4 is 11.9 Å². The number of ether oxygens (including phenoxy) is 1. The molecular formula is C6H8O5. The molecule has 1 aliphatic heterocycles. The lowest BCUT2D eigenvalue weighted by molar-refractivity contribution is -0.144. The monoisotopic (exact) mass is 160 g/mol. The summed E-state index contributed by atoms with van der Waals surface area (Å²) in [7, 11) is 0. The highest BCUT2D eigenvalue weighted by Gasteiger charge is 2.52. The number of hydrogen-bond acceptors (Lipinski definition) is 3. The van der Waals surface area contributed by atoms with Crippen LogP contribution in [0.5, 0.6) is 0 Å². The minimum atomic E-state index is -1.18. The van der Waals surface area contributed by atoms with E-state index >= 15 is 0 Å². The van der Waals surface area contributed by atoms with E-state index in [1.165, 1.54) is 0 Å². The Balaban J connectivity index is 2.36. The number of carboxylic acids is 2. The molecule has 11 heavy (non-hydrogen) atoms. The minimum absolute atomic E-state index is 0.0532. The Kier molecular flexibility index (Phi) is 1.82. The summed E-state index contributed by atoms with van der Waals surface area (Å²) >= 11 is 0. The lowest BCUT2D eigenvalue weighted by Crippen LogP contribution is -2.24. The first-order valence-electron chi connectivity index (χ1n) is 3.16. The SMILES string of the molecule is O=C(O)CCC1(C(=O)O)CO1. The topological polar surface area (TPSA) is 87.1 Å². The summed E-state index contributed by atoms with van der Waals surface area (Å²) in [6, 6.07) is 0. The van der Waals surface area contributed by atoms with E-state index < -0.39 is 17.5 Å². The van der Waals surface area contributed by atoms with Gasteiger partial charge in [-0.15, -0.1) is 0 Å². The van der Waals surface area contributed by atoms with E-state index in [0.29, 0.717) is 0 Å². The fourth-order valence-electron chi connectivity index (χ4n) is 0.771. The molecule has 0 radical (unpaired) electrons. The maximum Gasteiger partial charge on any atom is 0.338 e. The minimum Gasteiger partial charge on any atom is -0.481 e. The van der Waals surface area contributed by atoms with E-state index in [1.54, 1.807) is 0 Å². The third-order valence-electron chi connectivity index (χ3n) is 1.63. The summed E-state index contributed by atoms with van der Waals surface area (Å²) < 4.78 is 4.65. The highest BCUT2D eigenvalue weighted by Crippen LogP contribution is 2.32. The van der Waals surface area contributed by atoms with Gasteiger partial charge in [-0.1, -0.05) is 0 Å². The van der Waals surface area contributed by atoms with E-state index in [-0.39, 0.29) is 19.4 Å². The Morgan fingerprint density at radius 2 is 2.00 bits per heavy atom. The molecule has 0 saturated carbocycles. The Bertz CT molecular complexity index is 193. The van der Waals surface area contributed by atoms with Crippen molar-refractivity contribution in [2.75, 3.05) is 6.61 Å². The first kappa shape index (κ1) is 8.00. The Labute approximate surface area is 62.6 Å². The van der Waals surface area contributed by atoms with Crippen molar-refractivity contribution in [1.82, 2.24) is 0 Å². The van der Waals surface area contributed by atoms with E-state index in [1.807, 2.05) is 0 Å². The van der Waals surface area contributed by atoms with Gasteiger partial charge < -0.3 is 14.9 Å². The summed E-state index contributed by atoms with van der Waals surface area (Å²) in [6.07, 6.45) is -0.107. The molecule has 1 heterocycles. The Hall–Kier alpha value is -1.10. The van der Waals surface area contributed by atoms with Crippen LogP contribution >= 0.6 is 0 Å². The van der Waals surface area contributed by atoms with Crippen LogP contribution in [-0.4, -0.2) is 34.4 Å². The molecule has 0 amide bonds. The highest BCUT2D eigenvalue weighted by molar-refractivity contribution is 5.81. The second-order valence-electron chi connectivity index (χ2n) is 2.48. The zero-order valence-electron chi connectivity index (χ0n) is 5.74. The van der Waals surface area contributed by atoms with Crippen LogP contribution in [0, 0.1) is 0 Å². The van der Waals surface area contributed by atoms with Crippen molar-refractivity contribution in [3.8, 4) is 0 Å². The summed E-state index contributed by atoms with van der Waals surface area (Å²) in [6.45, 7) is 0.135. The number of carboxylic acid groups (broad SMARTS) is 2. The summed E-state index contributed by atoms with van der Waals surface area (Å²) in [5.41, 5.74) is -1.18. The smallest absolute Gasteiger partial charge is 0.338 e. The van der Waals surface area contributed by atoms with Gasteiger partial charge in [0.25, 0.3) is 0 Å². The fourth-order valence-corrected chi connectivity index (χ4v) is 0.771. The summed E-state index contributed by atoms with van der Waals surface area (Å²) in [4.78, 5) is 20.4. The number of hydrogen-bond donors (Lipinski definition) is 2. The molecule has 0 aliphatic carbocycles. The van der Waals surface area contributed by atoms with Gasteiger partial charge in [0.05, 0.1) is 6.61 Å². The molecule has 5 heteroatoms. The second kappa shape index (κ2) is 2.50. The molecule has 1 rings (SSSR count). The molecule has 62 valence electrons.